The molecule has 6 nitrogen and oxygen atoms in total. The highest BCUT2D eigenvalue weighted by Gasteiger charge is 2.27. The zero-order valence-corrected chi connectivity index (χ0v) is 18.9. The quantitative estimate of drug-likeness (QED) is 0.359. The van der Waals surface area contributed by atoms with Crippen LogP contribution in [0.25, 0.3) is 21.7 Å². The maximum Gasteiger partial charge on any atom is 0.277 e. The topological polar surface area (TPSA) is 72.1 Å². The summed E-state index contributed by atoms with van der Waals surface area (Å²) in [4.78, 5) is 19.5. The third-order valence-corrected chi connectivity index (χ3v) is 7.47. The third kappa shape index (κ3) is 4.61. The maximum atomic E-state index is 12.8. The molecule has 2 aromatic carbocycles. The Balaban J connectivity index is 1.20. The molecule has 1 amide bonds. The second-order valence-corrected chi connectivity index (χ2v) is 9.80. The molecule has 5 rings (SSSR count). The lowest BCUT2D eigenvalue weighted by Gasteiger charge is -2.31. The van der Waals surface area contributed by atoms with Gasteiger partial charge < -0.3 is 9.32 Å². The van der Waals surface area contributed by atoms with Crippen molar-refractivity contribution < 1.29 is 9.21 Å². The zero-order valence-electron chi connectivity index (χ0n) is 16.5. The van der Waals surface area contributed by atoms with Crippen LogP contribution in [0.4, 0.5) is 0 Å². The van der Waals surface area contributed by atoms with Crippen molar-refractivity contribution in [3.63, 3.8) is 0 Å². The Morgan fingerprint density at radius 1 is 1.23 bits per heavy atom. The van der Waals surface area contributed by atoms with Crippen molar-refractivity contribution in [2.45, 2.75) is 24.0 Å². The van der Waals surface area contributed by atoms with Gasteiger partial charge in [-0.15, -0.1) is 21.5 Å². The highest BCUT2D eigenvalue weighted by Crippen LogP contribution is 2.33. The smallest absolute Gasteiger partial charge is 0.277 e. The van der Waals surface area contributed by atoms with E-state index in [0.717, 1.165) is 35.5 Å². The summed E-state index contributed by atoms with van der Waals surface area (Å²) in [6.07, 6.45) is 2.04. The number of rotatable bonds is 5. The first-order valence-electron chi connectivity index (χ1n) is 10.0. The van der Waals surface area contributed by atoms with E-state index in [1.165, 1.54) is 16.5 Å². The summed E-state index contributed by atoms with van der Waals surface area (Å²) in [7, 11) is 0. The van der Waals surface area contributed by atoms with E-state index in [2.05, 4.69) is 16.3 Å². The van der Waals surface area contributed by atoms with Gasteiger partial charge >= 0.3 is 0 Å². The maximum absolute atomic E-state index is 12.8. The summed E-state index contributed by atoms with van der Waals surface area (Å²) in [5.74, 6) is 1.03. The van der Waals surface area contributed by atoms with E-state index in [-0.39, 0.29) is 17.6 Å². The molecule has 0 N–H and O–H groups in total. The fourth-order valence-electron chi connectivity index (χ4n) is 3.69. The fraction of sp³-hybridized carbons (Fsp3) is 0.273. The molecule has 1 saturated heterocycles. The van der Waals surface area contributed by atoms with E-state index in [9.17, 15) is 4.79 Å². The van der Waals surface area contributed by atoms with E-state index in [1.54, 1.807) is 23.5 Å². The Labute approximate surface area is 192 Å². The molecule has 1 atom stereocenters. The van der Waals surface area contributed by atoms with Gasteiger partial charge in [-0.3, -0.25) is 4.79 Å². The number of aromatic nitrogens is 3. The number of amides is 1. The lowest BCUT2D eigenvalue weighted by atomic mass is 9.99. The Morgan fingerprint density at radius 3 is 3.00 bits per heavy atom. The number of thioether (sulfide) groups is 1. The monoisotopic (exact) mass is 470 g/mol. The number of hydrogen-bond donors (Lipinski definition) is 0. The molecule has 0 unspecified atom stereocenters. The number of piperidine rings is 1. The van der Waals surface area contributed by atoms with E-state index in [1.807, 2.05) is 35.2 Å². The number of carbonyl (C=O) groups excluding carboxylic acids is 1. The molecule has 0 spiro atoms. The zero-order chi connectivity index (χ0) is 21.2. The lowest BCUT2D eigenvalue weighted by Crippen LogP contribution is -2.40. The highest BCUT2D eigenvalue weighted by atomic mass is 35.5. The van der Waals surface area contributed by atoms with Crippen molar-refractivity contribution in [3.8, 4) is 11.5 Å². The largest absolute Gasteiger partial charge is 0.411 e. The van der Waals surface area contributed by atoms with Crippen LogP contribution in [0.5, 0.6) is 0 Å². The average Bonchev–Trinajstić information content (AvgIpc) is 3.45. The number of hydrogen-bond acceptors (Lipinski definition) is 7. The molecule has 0 bridgehead atoms. The van der Waals surface area contributed by atoms with Crippen LogP contribution in [-0.4, -0.2) is 44.8 Å². The van der Waals surface area contributed by atoms with Gasteiger partial charge in [0.1, 0.15) is 0 Å². The molecular formula is C22H19ClN4O2S2. The average molecular weight is 471 g/mol. The van der Waals surface area contributed by atoms with Crippen molar-refractivity contribution in [1.29, 1.82) is 0 Å². The van der Waals surface area contributed by atoms with E-state index >= 15 is 0 Å². The minimum Gasteiger partial charge on any atom is -0.411 e. The summed E-state index contributed by atoms with van der Waals surface area (Å²) >= 11 is 9.02. The number of likely N-dealkylation sites (tertiary alicyclic amines) is 1. The molecule has 158 valence electrons. The Kier molecular flexibility index (Phi) is 5.93. The van der Waals surface area contributed by atoms with E-state index < -0.39 is 0 Å². The summed E-state index contributed by atoms with van der Waals surface area (Å²) in [5.41, 5.74) is 1.79. The molecule has 3 heterocycles. The Morgan fingerprint density at radius 2 is 2.13 bits per heavy atom. The van der Waals surface area contributed by atoms with Crippen LogP contribution in [0.1, 0.15) is 23.8 Å². The van der Waals surface area contributed by atoms with Gasteiger partial charge in [0.05, 0.1) is 21.0 Å². The van der Waals surface area contributed by atoms with Gasteiger partial charge in [0.15, 0.2) is 0 Å². The SMILES string of the molecule is O=C(CSc1nnc(-c2cccc(Cl)c2)o1)N1CCC[C@H](c2nc3ccccc3s2)C1. The van der Waals surface area contributed by atoms with Gasteiger partial charge in [-0.25, -0.2) is 4.98 Å². The van der Waals surface area contributed by atoms with Gasteiger partial charge in [-0.1, -0.05) is 41.6 Å². The fourth-order valence-corrected chi connectivity index (χ4v) is 5.64. The number of benzene rings is 2. The Hall–Kier alpha value is -2.42. The number of halogens is 1. The predicted octanol–water partition coefficient (Wildman–Crippen LogP) is 5.50. The van der Waals surface area contributed by atoms with Gasteiger partial charge in [-0.2, -0.15) is 0 Å². The highest BCUT2D eigenvalue weighted by molar-refractivity contribution is 7.99. The van der Waals surface area contributed by atoms with Crippen LogP contribution in [0, 0.1) is 0 Å². The number of para-hydroxylation sites is 1. The molecule has 0 saturated carbocycles. The van der Waals surface area contributed by atoms with Crippen LogP contribution >= 0.6 is 34.7 Å². The summed E-state index contributed by atoms with van der Waals surface area (Å²) in [6.45, 7) is 1.48. The molecule has 4 aromatic rings. The van der Waals surface area contributed by atoms with Crippen molar-refractivity contribution >= 4 is 50.8 Å². The molecular weight excluding hydrogens is 452 g/mol. The number of carbonyl (C=O) groups is 1. The molecule has 2 aromatic heterocycles. The van der Waals surface area contributed by atoms with Gasteiger partial charge in [0.2, 0.25) is 11.8 Å². The number of thiazole rings is 1. The molecule has 0 radical (unpaired) electrons. The van der Waals surface area contributed by atoms with Crippen LogP contribution in [-0.2, 0) is 4.79 Å². The molecule has 1 aliphatic heterocycles. The second-order valence-electron chi connectivity index (χ2n) is 7.37. The van der Waals surface area contributed by atoms with Crippen LogP contribution < -0.4 is 0 Å². The summed E-state index contributed by atoms with van der Waals surface area (Å²) < 4.78 is 6.89. The number of nitrogens with zero attached hydrogens (tertiary/aromatic N) is 4. The molecule has 1 aliphatic rings. The van der Waals surface area contributed by atoms with Crippen molar-refractivity contribution in [2.24, 2.45) is 0 Å². The minimum absolute atomic E-state index is 0.0818. The van der Waals surface area contributed by atoms with E-state index in [0.29, 0.717) is 22.7 Å². The van der Waals surface area contributed by atoms with Crippen LogP contribution in [0.2, 0.25) is 5.02 Å². The summed E-state index contributed by atoms with van der Waals surface area (Å²) in [6, 6.07) is 15.4. The Bertz CT molecular complexity index is 1190. The molecule has 0 aliphatic carbocycles. The van der Waals surface area contributed by atoms with Crippen LogP contribution in [0.15, 0.2) is 58.2 Å². The summed E-state index contributed by atoms with van der Waals surface area (Å²) in [5, 5.41) is 10.2. The lowest BCUT2D eigenvalue weighted by molar-refractivity contribution is -0.129. The minimum atomic E-state index is 0.0818. The predicted molar refractivity (Wildman–Crippen MR) is 124 cm³/mol. The van der Waals surface area contributed by atoms with Crippen molar-refractivity contribution in [2.75, 3.05) is 18.8 Å². The molecule has 1 fully saturated rings. The standard InChI is InChI=1S/C22H19ClN4O2S2/c23-16-7-3-5-14(11-16)20-25-26-22(29-20)30-13-19(28)27-10-4-6-15(12-27)21-24-17-8-1-2-9-18(17)31-21/h1-3,5,7-9,11,15H,4,6,10,12-13H2/t15-/m0/s1. The van der Waals surface area contributed by atoms with Gasteiger partial charge in [0.25, 0.3) is 5.22 Å². The molecule has 31 heavy (non-hydrogen) atoms. The first kappa shape index (κ1) is 20.5. The first-order chi connectivity index (χ1) is 15.2. The number of fused-ring (bicyclic) bond motifs is 1. The van der Waals surface area contributed by atoms with Crippen molar-refractivity contribution in [3.05, 3.63) is 58.6 Å². The van der Waals surface area contributed by atoms with E-state index in [4.69, 9.17) is 21.0 Å². The van der Waals surface area contributed by atoms with Crippen LogP contribution in [0.3, 0.4) is 0 Å². The third-order valence-electron chi connectivity index (χ3n) is 5.23. The van der Waals surface area contributed by atoms with Crippen molar-refractivity contribution in [1.82, 2.24) is 20.1 Å². The van der Waals surface area contributed by atoms with Gasteiger partial charge in [0, 0.05) is 29.6 Å². The first-order valence-corrected chi connectivity index (χ1v) is 12.2. The van der Waals surface area contributed by atoms with Gasteiger partial charge in [-0.05, 0) is 43.2 Å². The molecule has 9 heteroatoms. The second kappa shape index (κ2) is 8.98. The normalized spacial score (nSPS) is 16.7.